The zero-order chi connectivity index (χ0) is 27.2. The number of hydrogen-bond donors (Lipinski definition) is 1. The number of benzene rings is 3. The molecule has 0 radical (unpaired) electrons. The molecule has 5 nitrogen and oxygen atoms in total. The van der Waals surface area contributed by atoms with Gasteiger partial charge in [-0.25, -0.2) is 9.37 Å². The molecule has 4 heterocycles. The van der Waals surface area contributed by atoms with E-state index in [1.807, 2.05) is 19.1 Å². The number of aryl methyl sites for hydroxylation is 2. The molecule has 3 aliphatic heterocycles. The van der Waals surface area contributed by atoms with Gasteiger partial charge >= 0.3 is 0 Å². The van der Waals surface area contributed by atoms with Gasteiger partial charge in [0.15, 0.2) is 0 Å². The standard InChI is InChI=1S/C34H37FN4O/c1-22-6-8-28(30(35)16-22)25-18-29-27(4-3-5-31(29)36-19-25)24-10-13-38(14-11-24)21-34-37-32-9-7-23(2)17-33(32)39(34)20-26-12-15-40-26/h3-10,16-17,25-26,36H,11-15,18-21H2,1-2H3. The molecule has 1 saturated heterocycles. The Bertz CT molecular complexity index is 1600. The first-order valence-corrected chi connectivity index (χ1v) is 14.6. The summed E-state index contributed by atoms with van der Waals surface area (Å²) in [6.07, 6.45) is 5.65. The van der Waals surface area contributed by atoms with Crippen molar-refractivity contribution < 1.29 is 9.13 Å². The molecule has 0 bridgehead atoms. The number of nitrogens with zero attached hydrogens (tertiary/aromatic N) is 3. The van der Waals surface area contributed by atoms with E-state index < -0.39 is 0 Å². The van der Waals surface area contributed by atoms with Gasteiger partial charge in [0.2, 0.25) is 0 Å². The van der Waals surface area contributed by atoms with Crippen LogP contribution in [0.15, 0.2) is 60.7 Å². The van der Waals surface area contributed by atoms with Gasteiger partial charge in [-0.2, -0.15) is 0 Å². The maximum Gasteiger partial charge on any atom is 0.127 e. The number of halogens is 1. The van der Waals surface area contributed by atoms with Crippen LogP contribution >= 0.6 is 0 Å². The Kier molecular flexibility index (Phi) is 6.68. The summed E-state index contributed by atoms with van der Waals surface area (Å²) in [4.78, 5) is 7.54. The molecule has 0 spiro atoms. The van der Waals surface area contributed by atoms with Gasteiger partial charge in [0.05, 0.1) is 30.2 Å². The third kappa shape index (κ3) is 4.84. The molecule has 3 aliphatic rings. The SMILES string of the molecule is Cc1ccc(C2CNc3cccc(C4=CCN(Cc5nc6ccc(C)cc6n5CC5CCO5)CC4)c3C2)c(F)c1. The first kappa shape index (κ1) is 25.5. The summed E-state index contributed by atoms with van der Waals surface area (Å²) in [5.41, 5.74) is 10.5. The second kappa shape index (κ2) is 10.5. The minimum Gasteiger partial charge on any atom is -0.384 e. The van der Waals surface area contributed by atoms with Crippen molar-refractivity contribution in [2.24, 2.45) is 0 Å². The number of imidazole rings is 1. The van der Waals surface area contributed by atoms with Gasteiger partial charge in [-0.15, -0.1) is 0 Å². The van der Waals surface area contributed by atoms with E-state index in [9.17, 15) is 4.39 Å². The molecule has 1 N–H and O–H groups in total. The van der Waals surface area contributed by atoms with E-state index in [1.54, 1.807) is 6.07 Å². The Morgan fingerprint density at radius 3 is 2.70 bits per heavy atom. The van der Waals surface area contributed by atoms with E-state index in [2.05, 4.69) is 64.2 Å². The third-order valence-corrected chi connectivity index (χ3v) is 8.93. The fourth-order valence-corrected chi connectivity index (χ4v) is 6.55. The predicted molar refractivity (Wildman–Crippen MR) is 159 cm³/mol. The molecular formula is C34H37FN4O. The second-order valence-electron chi connectivity index (χ2n) is 11.8. The molecule has 40 heavy (non-hydrogen) atoms. The smallest absolute Gasteiger partial charge is 0.127 e. The summed E-state index contributed by atoms with van der Waals surface area (Å²) >= 11 is 0. The molecule has 6 heteroatoms. The van der Waals surface area contributed by atoms with E-state index in [-0.39, 0.29) is 11.7 Å². The lowest BCUT2D eigenvalue weighted by atomic mass is 9.83. The van der Waals surface area contributed by atoms with Crippen LogP contribution in [0, 0.1) is 19.7 Å². The Labute approximate surface area is 235 Å². The van der Waals surface area contributed by atoms with Gasteiger partial charge in [-0.3, -0.25) is 4.90 Å². The van der Waals surface area contributed by atoms with Gasteiger partial charge in [0.25, 0.3) is 0 Å². The highest BCUT2D eigenvalue weighted by Crippen LogP contribution is 2.38. The van der Waals surface area contributed by atoms with Crippen LogP contribution in [0.25, 0.3) is 16.6 Å². The minimum absolute atomic E-state index is 0.0923. The van der Waals surface area contributed by atoms with E-state index >= 15 is 0 Å². The van der Waals surface area contributed by atoms with Crippen molar-refractivity contribution in [1.29, 1.82) is 0 Å². The van der Waals surface area contributed by atoms with E-state index in [0.717, 1.165) is 81.1 Å². The largest absolute Gasteiger partial charge is 0.384 e. The monoisotopic (exact) mass is 536 g/mol. The molecule has 0 saturated carbocycles. The number of ether oxygens (including phenoxy) is 1. The molecule has 7 rings (SSSR count). The highest BCUT2D eigenvalue weighted by molar-refractivity contribution is 5.77. The lowest BCUT2D eigenvalue weighted by molar-refractivity contribution is -0.0591. The molecule has 0 amide bonds. The van der Waals surface area contributed by atoms with Gasteiger partial charge < -0.3 is 14.6 Å². The van der Waals surface area contributed by atoms with Crippen LogP contribution < -0.4 is 5.32 Å². The van der Waals surface area contributed by atoms with Crippen molar-refractivity contribution in [3.63, 3.8) is 0 Å². The van der Waals surface area contributed by atoms with Gasteiger partial charge in [0.1, 0.15) is 11.6 Å². The molecule has 1 aromatic heterocycles. The van der Waals surface area contributed by atoms with Crippen LogP contribution in [-0.2, 0) is 24.2 Å². The average molecular weight is 537 g/mol. The molecular weight excluding hydrogens is 499 g/mol. The number of aromatic nitrogens is 2. The van der Waals surface area contributed by atoms with Crippen molar-refractivity contribution in [3.8, 4) is 0 Å². The highest BCUT2D eigenvalue weighted by Gasteiger charge is 2.27. The number of anilines is 1. The van der Waals surface area contributed by atoms with Crippen molar-refractivity contribution in [1.82, 2.24) is 14.5 Å². The minimum atomic E-state index is -0.0923. The van der Waals surface area contributed by atoms with Crippen LogP contribution in [0.2, 0.25) is 0 Å². The molecule has 0 aliphatic carbocycles. The Morgan fingerprint density at radius 1 is 1.07 bits per heavy atom. The summed E-state index contributed by atoms with van der Waals surface area (Å²) in [5, 5.41) is 3.60. The van der Waals surface area contributed by atoms with Crippen LogP contribution in [0.5, 0.6) is 0 Å². The zero-order valence-corrected chi connectivity index (χ0v) is 23.4. The predicted octanol–water partition coefficient (Wildman–Crippen LogP) is 6.62. The lowest BCUT2D eigenvalue weighted by Crippen LogP contribution is -2.33. The van der Waals surface area contributed by atoms with Crippen molar-refractivity contribution in [3.05, 3.63) is 100 Å². The summed E-state index contributed by atoms with van der Waals surface area (Å²) < 4.78 is 23.0. The van der Waals surface area contributed by atoms with Gasteiger partial charge in [0, 0.05) is 37.8 Å². The first-order valence-electron chi connectivity index (χ1n) is 14.6. The zero-order valence-electron chi connectivity index (χ0n) is 23.4. The Morgan fingerprint density at radius 2 is 1.93 bits per heavy atom. The molecule has 206 valence electrons. The quantitative estimate of drug-likeness (QED) is 0.301. The summed E-state index contributed by atoms with van der Waals surface area (Å²) in [6, 6.07) is 18.7. The number of rotatable bonds is 6. The van der Waals surface area contributed by atoms with E-state index in [0.29, 0.717) is 6.10 Å². The maximum atomic E-state index is 14.8. The molecule has 2 unspecified atom stereocenters. The fourth-order valence-electron chi connectivity index (χ4n) is 6.55. The van der Waals surface area contributed by atoms with Crippen LogP contribution in [-0.4, -0.2) is 46.8 Å². The van der Waals surface area contributed by atoms with E-state index in [4.69, 9.17) is 9.72 Å². The normalized spacial score (nSPS) is 21.0. The lowest BCUT2D eigenvalue weighted by Gasteiger charge is -2.32. The van der Waals surface area contributed by atoms with Crippen molar-refractivity contribution >= 4 is 22.3 Å². The first-order chi connectivity index (χ1) is 19.5. The number of hydrogen-bond acceptors (Lipinski definition) is 4. The number of fused-ring (bicyclic) bond motifs is 2. The van der Waals surface area contributed by atoms with Crippen molar-refractivity contribution in [2.75, 3.05) is 31.6 Å². The molecule has 2 atom stereocenters. The number of nitrogens with one attached hydrogen (secondary N) is 1. The Balaban J connectivity index is 1.11. The average Bonchev–Trinajstić information content (AvgIpc) is 3.26. The third-order valence-electron chi connectivity index (χ3n) is 8.93. The molecule has 3 aromatic carbocycles. The van der Waals surface area contributed by atoms with E-state index in [1.165, 1.54) is 33.5 Å². The van der Waals surface area contributed by atoms with Gasteiger partial charge in [-0.05, 0) is 90.8 Å². The molecule has 1 fully saturated rings. The fraction of sp³-hybridized carbons (Fsp3) is 0.382. The van der Waals surface area contributed by atoms with Crippen LogP contribution in [0.1, 0.15) is 52.4 Å². The van der Waals surface area contributed by atoms with Crippen LogP contribution in [0.3, 0.4) is 0 Å². The molecule has 4 aromatic rings. The van der Waals surface area contributed by atoms with Gasteiger partial charge in [-0.1, -0.05) is 36.4 Å². The maximum absolute atomic E-state index is 14.8. The topological polar surface area (TPSA) is 42.3 Å². The second-order valence-corrected chi connectivity index (χ2v) is 11.8. The van der Waals surface area contributed by atoms with Crippen molar-refractivity contribution in [2.45, 2.75) is 58.2 Å². The summed E-state index contributed by atoms with van der Waals surface area (Å²) in [7, 11) is 0. The van der Waals surface area contributed by atoms with Crippen LogP contribution in [0.4, 0.5) is 10.1 Å². The summed E-state index contributed by atoms with van der Waals surface area (Å²) in [5.74, 6) is 1.16. The highest BCUT2D eigenvalue weighted by atomic mass is 19.1. The summed E-state index contributed by atoms with van der Waals surface area (Å²) in [6.45, 7) is 9.29. The Hall–Kier alpha value is -3.48.